The first kappa shape index (κ1) is 8.70. The van der Waals surface area contributed by atoms with Crippen LogP contribution >= 0.6 is 0 Å². The van der Waals surface area contributed by atoms with Crippen molar-refractivity contribution in [2.45, 2.75) is 33.3 Å². The lowest BCUT2D eigenvalue weighted by molar-refractivity contribution is 0.198. The quantitative estimate of drug-likeness (QED) is 0.576. The van der Waals surface area contributed by atoms with E-state index in [1.807, 2.05) is 6.08 Å². The Morgan fingerprint density at radius 1 is 1.33 bits per heavy atom. The van der Waals surface area contributed by atoms with Crippen LogP contribution in [0.3, 0.4) is 0 Å². The fraction of sp³-hybridized carbons (Fsp3) is 0.750. The van der Waals surface area contributed by atoms with E-state index < -0.39 is 0 Å². The van der Waals surface area contributed by atoms with Gasteiger partial charge in [-0.2, -0.15) is 0 Å². The zero-order chi connectivity index (χ0) is 7.28. The zero-order valence-corrected chi connectivity index (χ0v) is 6.46. The van der Waals surface area contributed by atoms with E-state index in [0.717, 1.165) is 6.42 Å². The van der Waals surface area contributed by atoms with Crippen molar-refractivity contribution in [3.05, 3.63) is 12.2 Å². The highest BCUT2D eigenvalue weighted by Gasteiger charge is 1.89. The molecule has 1 atom stereocenters. The summed E-state index contributed by atoms with van der Waals surface area (Å²) in [6.45, 7) is 6.04. The molecule has 0 saturated heterocycles. The number of hydrogen-bond donors (Lipinski definition) is 1. The van der Waals surface area contributed by atoms with Crippen molar-refractivity contribution in [1.29, 1.82) is 0 Å². The third-order valence-corrected chi connectivity index (χ3v) is 0.998. The molecule has 54 valence electrons. The van der Waals surface area contributed by atoms with E-state index in [4.69, 9.17) is 5.11 Å². The van der Waals surface area contributed by atoms with Gasteiger partial charge in [-0.1, -0.05) is 26.0 Å². The van der Waals surface area contributed by atoms with Gasteiger partial charge in [0.1, 0.15) is 0 Å². The lowest BCUT2D eigenvalue weighted by Crippen LogP contribution is -1.95. The summed E-state index contributed by atoms with van der Waals surface area (Å²) in [7, 11) is 0. The molecule has 0 heterocycles. The van der Waals surface area contributed by atoms with E-state index in [2.05, 4.69) is 19.9 Å². The molecule has 1 N–H and O–H groups in total. The molecule has 0 aliphatic heterocycles. The van der Waals surface area contributed by atoms with Gasteiger partial charge in [0.15, 0.2) is 0 Å². The summed E-state index contributed by atoms with van der Waals surface area (Å²) in [5.41, 5.74) is 0. The molecule has 9 heavy (non-hydrogen) atoms. The van der Waals surface area contributed by atoms with Gasteiger partial charge in [0.05, 0.1) is 6.10 Å². The maximum atomic E-state index is 8.81. The molecule has 1 nitrogen and oxygen atoms in total. The monoisotopic (exact) mass is 128 g/mol. The van der Waals surface area contributed by atoms with Crippen LogP contribution in [0.5, 0.6) is 0 Å². The largest absolute Gasteiger partial charge is 0.393 e. The number of rotatable bonds is 3. The SMILES string of the molecule is CC(C)/C=C/C[C@H](C)O. The van der Waals surface area contributed by atoms with Crippen molar-refractivity contribution < 1.29 is 5.11 Å². The van der Waals surface area contributed by atoms with E-state index in [0.29, 0.717) is 5.92 Å². The van der Waals surface area contributed by atoms with Crippen molar-refractivity contribution in [1.82, 2.24) is 0 Å². The van der Waals surface area contributed by atoms with Crippen LogP contribution < -0.4 is 0 Å². The molecule has 0 radical (unpaired) electrons. The highest BCUT2D eigenvalue weighted by atomic mass is 16.3. The molecule has 0 unspecified atom stereocenters. The van der Waals surface area contributed by atoms with E-state index in [9.17, 15) is 0 Å². The second-order valence-electron chi connectivity index (χ2n) is 2.76. The smallest absolute Gasteiger partial charge is 0.0546 e. The highest BCUT2D eigenvalue weighted by molar-refractivity contribution is 4.85. The lowest BCUT2D eigenvalue weighted by Gasteiger charge is -1.97. The van der Waals surface area contributed by atoms with Crippen LogP contribution in [-0.4, -0.2) is 11.2 Å². The molecule has 0 aromatic carbocycles. The van der Waals surface area contributed by atoms with E-state index in [1.165, 1.54) is 0 Å². The predicted molar refractivity (Wildman–Crippen MR) is 40.3 cm³/mol. The van der Waals surface area contributed by atoms with E-state index in [-0.39, 0.29) is 6.10 Å². The van der Waals surface area contributed by atoms with Crippen LogP contribution in [0, 0.1) is 5.92 Å². The molecule has 0 saturated carbocycles. The van der Waals surface area contributed by atoms with Crippen LogP contribution in [0.25, 0.3) is 0 Å². The van der Waals surface area contributed by atoms with Crippen molar-refractivity contribution in [3.8, 4) is 0 Å². The van der Waals surface area contributed by atoms with Gasteiger partial charge >= 0.3 is 0 Å². The van der Waals surface area contributed by atoms with Crippen LogP contribution in [0.2, 0.25) is 0 Å². The van der Waals surface area contributed by atoms with Crippen molar-refractivity contribution in [2.24, 2.45) is 5.92 Å². The Hall–Kier alpha value is -0.300. The number of hydrogen-bond acceptors (Lipinski definition) is 1. The zero-order valence-electron chi connectivity index (χ0n) is 6.46. The molecule has 0 aliphatic carbocycles. The minimum Gasteiger partial charge on any atom is -0.393 e. The van der Waals surface area contributed by atoms with Crippen LogP contribution in [0.15, 0.2) is 12.2 Å². The number of allylic oxidation sites excluding steroid dienone is 1. The summed E-state index contributed by atoms with van der Waals surface area (Å²) in [4.78, 5) is 0. The van der Waals surface area contributed by atoms with Gasteiger partial charge in [-0.3, -0.25) is 0 Å². The first-order chi connectivity index (χ1) is 4.13. The van der Waals surface area contributed by atoms with Crippen molar-refractivity contribution >= 4 is 0 Å². The fourth-order valence-electron chi connectivity index (χ4n) is 0.548. The Morgan fingerprint density at radius 3 is 2.22 bits per heavy atom. The average molecular weight is 128 g/mol. The highest BCUT2D eigenvalue weighted by Crippen LogP contribution is 1.97. The Kier molecular flexibility index (Phi) is 4.41. The van der Waals surface area contributed by atoms with Crippen LogP contribution in [-0.2, 0) is 0 Å². The standard InChI is InChI=1S/C8H16O/c1-7(2)5-4-6-8(3)9/h4-5,7-9H,6H2,1-3H3/b5-4+/t8-/m0/s1. The summed E-state index contributed by atoms with van der Waals surface area (Å²) in [5.74, 6) is 0.601. The van der Waals surface area contributed by atoms with Gasteiger partial charge in [0.25, 0.3) is 0 Å². The second-order valence-corrected chi connectivity index (χ2v) is 2.76. The molecular formula is C8H16O. The molecular weight excluding hydrogens is 112 g/mol. The van der Waals surface area contributed by atoms with Crippen molar-refractivity contribution in [3.63, 3.8) is 0 Å². The van der Waals surface area contributed by atoms with Crippen molar-refractivity contribution in [2.75, 3.05) is 0 Å². The first-order valence-corrected chi connectivity index (χ1v) is 3.47. The van der Waals surface area contributed by atoms with Gasteiger partial charge in [-0.05, 0) is 19.3 Å². The molecule has 0 rings (SSSR count). The van der Waals surface area contributed by atoms with E-state index >= 15 is 0 Å². The predicted octanol–water partition coefficient (Wildman–Crippen LogP) is 1.97. The lowest BCUT2D eigenvalue weighted by atomic mass is 10.2. The Balaban J connectivity index is 3.25. The molecule has 0 bridgehead atoms. The fourth-order valence-corrected chi connectivity index (χ4v) is 0.548. The molecule has 0 aromatic heterocycles. The van der Waals surface area contributed by atoms with Crippen LogP contribution in [0.4, 0.5) is 0 Å². The summed E-state index contributed by atoms with van der Waals surface area (Å²) >= 11 is 0. The van der Waals surface area contributed by atoms with Crippen LogP contribution in [0.1, 0.15) is 27.2 Å². The topological polar surface area (TPSA) is 20.2 Å². The average Bonchev–Trinajstić information content (AvgIpc) is 1.63. The van der Waals surface area contributed by atoms with E-state index in [1.54, 1.807) is 6.92 Å². The normalized spacial score (nSPS) is 15.2. The van der Waals surface area contributed by atoms with Gasteiger partial charge in [-0.15, -0.1) is 0 Å². The second kappa shape index (κ2) is 4.57. The van der Waals surface area contributed by atoms with Gasteiger partial charge in [0.2, 0.25) is 0 Å². The third kappa shape index (κ3) is 7.70. The Morgan fingerprint density at radius 2 is 1.89 bits per heavy atom. The minimum absolute atomic E-state index is 0.194. The maximum Gasteiger partial charge on any atom is 0.0546 e. The molecule has 0 spiro atoms. The number of aliphatic hydroxyl groups excluding tert-OH is 1. The van der Waals surface area contributed by atoms with Gasteiger partial charge < -0.3 is 5.11 Å². The van der Waals surface area contributed by atoms with Gasteiger partial charge in [-0.25, -0.2) is 0 Å². The van der Waals surface area contributed by atoms with Gasteiger partial charge in [0, 0.05) is 0 Å². The molecule has 0 aliphatic rings. The Bertz CT molecular complexity index is 82.6. The molecule has 0 amide bonds. The maximum absolute atomic E-state index is 8.81. The minimum atomic E-state index is -0.194. The molecule has 1 heteroatoms. The first-order valence-electron chi connectivity index (χ1n) is 3.47. The summed E-state index contributed by atoms with van der Waals surface area (Å²) in [6.07, 6.45) is 4.71. The Labute approximate surface area is 57.4 Å². The number of aliphatic hydroxyl groups is 1. The third-order valence-electron chi connectivity index (χ3n) is 0.998. The summed E-state index contributed by atoms with van der Waals surface area (Å²) in [6, 6.07) is 0. The molecule has 0 fully saturated rings. The summed E-state index contributed by atoms with van der Waals surface area (Å²) < 4.78 is 0. The summed E-state index contributed by atoms with van der Waals surface area (Å²) in [5, 5.41) is 8.81. The molecule has 0 aromatic rings.